The van der Waals surface area contributed by atoms with Crippen molar-refractivity contribution in [3.8, 4) is 22.1 Å². The molecule has 0 saturated heterocycles. The summed E-state index contributed by atoms with van der Waals surface area (Å²) in [5.41, 5.74) is 1.43. The minimum Gasteiger partial charge on any atom is -0.493 e. The first-order valence-corrected chi connectivity index (χ1v) is 8.98. The number of methoxy groups -OCH3 is 1. The summed E-state index contributed by atoms with van der Waals surface area (Å²) < 4.78 is 17.4. The van der Waals surface area contributed by atoms with Gasteiger partial charge in [0.25, 0.3) is 0 Å². The fourth-order valence-corrected chi connectivity index (χ4v) is 3.16. The molecule has 3 heterocycles. The van der Waals surface area contributed by atoms with Crippen LogP contribution >= 0.6 is 11.3 Å². The van der Waals surface area contributed by atoms with Gasteiger partial charge in [0.1, 0.15) is 12.3 Å². The van der Waals surface area contributed by atoms with Crippen LogP contribution in [0.3, 0.4) is 0 Å². The van der Waals surface area contributed by atoms with Crippen molar-refractivity contribution in [2.75, 3.05) is 7.11 Å². The SMILES string of the molecule is COc1cn(-c2ccccc2)nc1C(=O)OCc1cc(-c2cccs2)on1. The lowest BCUT2D eigenvalue weighted by Gasteiger charge is -2.01. The van der Waals surface area contributed by atoms with Gasteiger partial charge in [-0.3, -0.25) is 0 Å². The maximum Gasteiger partial charge on any atom is 0.363 e. The molecule has 136 valence electrons. The molecular formula is C19H15N3O4S. The average molecular weight is 381 g/mol. The standard InChI is InChI=1S/C19H15N3O4S/c1-24-16-11-22(14-6-3-2-4-7-14)20-18(16)19(23)25-12-13-10-15(26-21-13)17-8-5-9-27-17/h2-11H,12H2,1H3. The van der Waals surface area contributed by atoms with Crippen LogP contribution in [0.25, 0.3) is 16.3 Å². The Morgan fingerprint density at radius 2 is 2.07 bits per heavy atom. The van der Waals surface area contributed by atoms with Gasteiger partial charge in [-0.25, -0.2) is 9.48 Å². The molecule has 0 N–H and O–H groups in total. The van der Waals surface area contributed by atoms with E-state index in [9.17, 15) is 4.79 Å². The van der Waals surface area contributed by atoms with Crippen LogP contribution in [0.2, 0.25) is 0 Å². The van der Waals surface area contributed by atoms with Crippen molar-refractivity contribution >= 4 is 17.3 Å². The van der Waals surface area contributed by atoms with Crippen molar-refractivity contribution in [2.24, 2.45) is 0 Å². The molecule has 0 radical (unpaired) electrons. The van der Waals surface area contributed by atoms with E-state index in [1.165, 1.54) is 7.11 Å². The lowest BCUT2D eigenvalue weighted by Crippen LogP contribution is -2.08. The van der Waals surface area contributed by atoms with Crippen molar-refractivity contribution in [3.05, 3.63) is 71.5 Å². The molecule has 0 spiro atoms. The van der Waals surface area contributed by atoms with Crippen molar-refractivity contribution in [1.82, 2.24) is 14.9 Å². The van der Waals surface area contributed by atoms with E-state index in [1.807, 2.05) is 47.8 Å². The van der Waals surface area contributed by atoms with E-state index in [4.69, 9.17) is 14.0 Å². The summed E-state index contributed by atoms with van der Waals surface area (Å²) in [5, 5.41) is 10.2. The summed E-state index contributed by atoms with van der Waals surface area (Å²) in [7, 11) is 1.48. The van der Waals surface area contributed by atoms with E-state index >= 15 is 0 Å². The smallest absolute Gasteiger partial charge is 0.363 e. The van der Waals surface area contributed by atoms with Crippen molar-refractivity contribution < 1.29 is 18.8 Å². The molecule has 0 aliphatic heterocycles. The predicted molar refractivity (Wildman–Crippen MR) is 99.1 cm³/mol. The molecule has 0 aliphatic carbocycles. The van der Waals surface area contributed by atoms with Crippen molar-refractivity contribution in [2.45, 2.75) is 6.61 Å². The lowest BCUT2D eigenvalue weighted by atomic mass is 10.3. The Kier molecular flexibility index (Phi) is 4.71. The van der Waals surface area contributed by atoms with E-state index in [2.05, 4.69) is 10.3 Å². The number of nitrogens with zero attached hydrogens (tertiary/aromatic N) is 3. The average Bonchev–Trinajstić information content (AvgIpc) is 3.46. The molecule has 27 heavy (non-hydrogen) atoms. The van der Waals surface area contributed by atoms with Gasteiger partial charge in [-0.2, -0.15) is 5.10 Å². The Balaban J connectivity index is 1.48. The third-order valence-corrected chi connectivity index (χ3v) is 4.67. The highest BCUT2D eigenvalue weighted by atomic mass is 32.1. The molecule has 0 bridgehead atoms. The van der Waals surface area contributed by atoms with Gasteiger partial charge in [-0.15, -0.1) is 11.3 Å². The number of carbonyl (C=O) groups is 1. The van der Waals surface area contributed by atoms with Crippen LogP contribution in [-0.2, 0) is 11.3 Å². The highest BCUT2D eigenvalue weighted by Crippen LogP contribution is 2.26. The maximum atomic E-state index is 12.4. The van der Waals surface area contributed by atoms with Crippen molar-refractivity contribution in [3.63, 3.8) is 0 Å². The second kappa shape index (κ2) is 7.46. The fraction of sp³-hybridized carbons (Fsp3) is 0.105. The van der Waals surface area contributed by atoms with Crippen LogP contribution in [0.5, 0.6) is 5.75 Å². The first kappa shape index (κ1) is 17.0. The van der Waals surface area contributed by atoms with E-state index < -0.39 is 5.97 Å². The van der Waals surface area contributed by atoms with Gasteiger partial charge in [0, 0.05) is 6.07 Å². The summed E-state index contributed by atoms with van der Waals surface area (Å²) in [5.74, 6) is 0.382. The van der Waals surface area contributed by atoms with Crippen LogP contribution in [-0.4, -0.2) is 28.0 Å². The Morgan fingerprint density at radius 1 is 1.22 bits per heavy atom. The second-order valence-corrected chi connectivity index (χ2v) is 6.51. The lowest BCUT2D eigenvalue weighted by molar-refractivity contribution is 0.0453. The number of rotatable bonds is 6. The number of thiophene rings is 1. The zero-order chi connectivity index (χ0) is 18.6. The topological polar surface area (TPSA) is 79.4 Å². The van der Waals surface area contributed by atoms with Crippen LogP contribution in [0.1, 0.15) is 16.2 Å². The highest BCUT2D eigenvalue weighted by Gasteiger charge is 2.20. The number of para-hydroxylation sites is 1. The number of hydrogen-bond acceptors (Lipinski definition) is 7. The van der Waals surface area contributed by atoms with E-state index in [0.717, 1.165) is 10.6 Å². The summed E-state index contributed by atoms with van der Waals surface area (Å²) in [6, 6.07) is 15.0. The molecule has 4 aromatic rings. The quantitative estimate of drug-likeness (QED) is 0.471. The van der Waals surface area contributed by atoms with Crippen LogP contribution in [0.15, 0.2) is 64.6 Å². The molecule has 0 unspecified atom stereocenters. The van der Waals surface area contributed by atoms with Crippen molar-refractivity contribution in [1.29, 1.82) is 0 Å². The molecule has 0 amide bonds. The molecule has 0 atom stereocenters. The summed E-state index contributed by atoms with van der Waals surface area (Å²) in [4.78, 5) is 13.4. The largest absolute Gasteiger partial charge is 0.493 e. The Labute approximate surface area is 158 Å². The molecule has 7 nitrogen and oxygen atoms in total. The normalized spacial score (nSPS) is 10.7. The second-order valence-electron chi connectivity index (χ2n) is 5.56. The van der Waals surface area contributed by atoms with Crippen LogP contribution in [0.4, 0.5) is 0 Å². The number of benzene rings is 1. The summed E-state index contributed by atoms with van der Waals surface area (Å²) in [6.07, 6.45) is 1.64. The number of ether oxygens (including phenoxy) is 2. The third kappa shape index (κ3) is 3.61. The number of hydrogen-bond donors (Lipinski definition) is 0. The summed E-state index contributed by atoms with van der Waals surface area (Å²) in [6.45, 7) is -0.0188. The van der Waals surface area contributed by atoms with Gasteiger partial charge in [0.05, 0.1) is 23.9 Å². The molecule has 1 aromatic carbocycles. The van der Waals surface area contributed by atoms with Gasteiger partial charge in [-0.05, 0) is 23.6 Å². The van der Waals surface area contributed by atoms with Gasteiger partial charge in [0.2, 0.25) is 5.69 Å². The first-order chi connectivity index (χ1) is 13.2. The van der Waals surface area contributed by atoms with E-state index in [-0.39, 0.29) is 12.3 Å². The Morgan fingerprint density at radius 3 is 2.81 bits per heavy atom. The monoisotopic (exact) mass is 381 g/mol. The number of aromatic nitrogens is 3. The Hall–Kier alpha value is -3.39. The minimum atomic E-state index is -0.595. The molecule has 0 fully saturated rings. The molecule has 4 rings (SSSR count). The third-order valence-electron chi connectivity index (χ3n) is 3.79. The molecule has 8 heteroatoms. The fourth-order valence-electron chi connectivity index (χ4n) is 2.48. The Bertz CT molecular complexity index is 1040. The van der Waals surface area contributed by atoms with Gasteiger partial charge < -0.3 is 14.0 Å². The number of carbonyl (C=O) groups excluding carboxylic acids is 1. The molecular weight excluding hydrogens is 366 g/mol. The zero-order valence-electron chi connectivity index (χ0n) is 14.4. The predicted octanol–water partition coefficient (Wildman–Crippen LogP) is 3.95. The van der Waals surface area contributed by atoms with Crippen LogP contribution in [0, 0.1) is 0 Å². The molecule has 3 aromatic heterocycles. The first-order valence-electron chi connectivity index (χ1n) is 8.10. The number of esters is 1. The summed E-state index contributed by atoms with van der Waals surface area (Å²) >= 11 is 1.55. The van der Waals surface area contributed by atoms with Crippen LogP contribution < -0.4 is 4.74 Å². The molecule has 0 aliphatic rings. The maximum absolute atomic E-state index is 12.4. The van der Waals surface area contributed by atoms with E-state index in [0.29, 0.717) is 17.2 Å². The molecule has 0 saturated carbocycles. The van der Waals surface area contributed by atoms with E-state index in [1.54, 1.807) is 28.3 Å². The zero-order valence-corrected chi connectivity index (χ0v) is 15.2. The van der Waals surface area contributed by atoms with Gasteiger partial charge in [0.15, 0.2) is 11.5 Å². The minimum absolute atomic E-state index is 0.0188. The highest BCUT2D eigenvalue weighted by molar-refractivity contribution is 7.13. The van der Waals surface area contributed by atoms with Gasteiger partial charge >= 0.3 is 5.97 Å². The van der Waals surface area contributed by atoms with Gasteiger partial charge in [-0.1, -0.05) is 29.4 Å².